The van der Waals surface area contributed by atoms with Gasteiger partial charge in [-0.2, -0.15) is 33.1 Å². The van der Waals surface area contributed by atoms with Gasteiger partial charge >= 0.3 is 0 Å². The van der Waals surface area contributed by atoms with Gasteiger partial charge in [0.15, 0.2) is 0 Å². The molecule has 8 heterocycles. The molecule has 5 N–H and O–H groups in total. The van der Waals surface area contributed by atoms with Gasteiger partial charge in [0.2, 0.25) is 10.0 Å². The first-order valence-electron chi connectivity index (χ1n) is 45.7. The summed E-state index contributed by atoms with van der Waals surface area (Å²) in [4.78, 5) is 58.6. The van der Waals surface area contributed by atoms with E-state index in [0.717, 1.165) is 153 Å². The van der Waals surface area contributed by atoms with E-state index in [9.17, 15) is 35.2 Å². The minimum absolute atomic E-state index is 0. The molecule has 2 aliphatic carbocycles. The molecular weight excluding hydrogens is 2120 g/mol. The number of ether oxygens (including phenoxy) is 7. The van der Waals surface area contributed by atoms with Gasteiger partial charge in [-0.3, -0.25) is 43.9 Å². The fourth-order valence-electron chi connectivity index (χ4n) is 15.4. The summed E-state index contributed by atoms with van der Waals surface area (Å²) in [6.45, 7) is 3.78. The number of carbonyl (C=O) groups excluding carboxylic acids is 1. The predicted octanol–water partition coefficient (Wildman–Crippen LogP) is 14.1. The third-order valence-corrected chi connectivity index (χ3v) is 26.5. The number of aromatic amines is 1. The van der Waals surface area contributed by atoms with Crippen molar-refractivity contribution in [1.29, 1.82) is 0 Å². The third-order valence-electron chi connectivity index (χ3n) is 23.3. The zero-order valence-electron chi connectivity index (χ0n) is 82.4. The number of sulfone groups is 1. The second-order valence-corrected chi connectivity index (χ2v) is 40.2. The summed E-state index contributed by atoms with van der Waals surface area (Å²) < 4.78 is 120. The number of fused-ring (bicyclic) bond motifs is 4. The molecule has 18 rings (SSSR count). The van der Waals surface area contributed by atoms with E-state index in [4.69, 9.17) is 53.1 Å². The standard InChI is InChI=1S/C27H31N5O5S.C25H31N7O4S.C24H28N6O4S.C24H24N6O2.CH4.4Co/c1-36-23-11-22(12-24(14-23)37-9-8-33)32(17-19-3-4-19)21-5-6-25-26(13-21)30-27(16-28-25)20-15-29-31(18-20)7-10-38(2,34)35;1-30(2)37(33,34)28-9-6-10-32(20-11-21(35-4)14-22(12-20)36-5)19-7-8-23-24(13-19)29-25(16-26-23)18-15-27-31(3)17-18;1-29-16-17(14-26-29)24-15-25-22-7-6-18(12-23(22)28-24)30(9-5-8-27-35(4,31)32)19-10-20(33-2)13-21(11-19)34-3;1-25-24(31)16-7-19(9-20(8-16)32-2)30(14-15-3-4-15)18-5-6-21-22(10-18)29-23(13-26-21)17-11-27-28-12-17;;;;;/h5-6,11-16,18-19,33H,3-4,7-10,17H2,1-2H3;7-8,11-17,28H,6,9-10H2,1-5H3;6-7,10-16,27H,5,8-9H2,1-4H3;5-13,15H,3-4,14H2,1-2H3,(H,25,31)(H,27,28);1H4;;;;. The normalized spacial score (nSPS) is 12.1. The molecule has 0 spiro atoms. The van der Waals surface area contributed by atoms with Gasteiger partial charge in [-0.15, -0.1) is 0 Å². The Hall–Kier alpha value is -13.1. The second kappa shape index (κ2) is 53.0. The quantitative estimate of drug-likeness (QED) is 0.0223. The first-order valence-corrected chi connectivity index (χ1v) is 51.1. The minimum atomic E-state index is -3.51. The van der Waals surface area contributed by atoms with Crippen LogP contribution in [0.4, 0.5) is 45.5 Å². The van der Waals surface area contributed by atoms with Gasteiger partial charge in [0, 0.05) is 307 Å². The van der Waals surface area contributed by atoms with E-state index in [-0.39, 0.29) is 113 Å². The van der Waals surface area contributed by atoms with Crippen molar-refractivity contribution in [3.8, 4) is 85.3 Å². The second-order valence-electron chi connectivity index (χ2n) is 34.2. The summed E-state index contributed by atoms with van der Waals surface area (Å²) in [5.74, 6) is 5.65. The number of amides is 1. The summed E-state index contributed by atoms with van der Waals surface area (Å²) in [7, 11) is 8.12. The van der Waals surface area contributed by atoms with Crippen molar-refractivity contribution < 1.29 is 135 Å². The molecule has 4 radical (unpaired) electrons. The van der Waals surface area contributed by atoms with Crippen molar-refractivity contribution in [2.75, 3.05) is 154 Å². The number of carbonyl (C=O) groups is 1. The average Bonchev–Trinajstić information content (AvgIpc) is 1.78. The van der Waals surface area contributed by atoms with Gasteiger partial charge in [-0.25, -0.2) is 46.2 Å². The van der Waals surface area contributed by atoms with E-state index < -0.39 is 30.1 Å². The molecule has 0 atom stereocenters. The summed E-state index contributed by atoms with van der Waals surface area (Å²) in [5.41, 5.74) is 20.2. The number of nitrogens with one attached hydrogen (secondary N) is 4. The molecule has 2 fully saturated rings. The zero-order chi connectivity index (χ0) is 100. The van der Waals surface area contributed by atoms with Crippen LogP contribution in [0.2, 0.25) is 0 Å². The number of aromatic nitrogens is 16. The molecule has 8 aromatic carbocycles. The van der Waals surface area contributed by atoms with Gasteiger partial charge < -0.3 is 63.2 Å². The van der Waals surface area contributed by atoms with Gasteiger partial charge in [-0.05, 0) is 135 Å². The average molecular weight is 2240 g/mol. The first-order chi connectivity index (χ1) is 68.4. The van der Waals surface area contributed by atoms with E-state index >= 15 is 0 Å². The molecule has 1 amide bonds. The molecule has 0 aliphatic heterocycles. The fourth-order valence-corrected chi connectivity index (χ4v) is 17.1. The number of hydrogen-bond acceptors (Lipinski definition) is 31. The number of methoxy groups -OCH3 is 6. The molecule has 786 valence electrons. The summed E-state index contributed by atoms with van der Waals surface area (Å²) in [6.07, 6.45) is 29.5. The Balaban J connectivity index is 0.000000199. The predicted molar refractivity (Wildman–Crippen MR) is 555 cm³/mol. The molecule has 39 nitrogen and oxygen atoms in total. The largest absolute Gasteiger partial charge is 0.497 e. The van der Waals surface area contributed by atoms with Gasteiger partial charge in [0.1, 0.15) is 56.7 Å². The Kier molecular flexibility index (Phi) is 41.8. The Morgan fingerprint density at radius 1 is 0.435 bits per heavy atom. The monoisotopic (exact) mass is 2240 g/mol. The molecule has 0 saturated heterocycles. The van der Waals surface area contributed by atoms with E-state index in [0.29, 0.717) is 95.8 Å². The van der Waals surface area contributed by atoms with Crippen molar-refractivity contribution in [1.82, 2.24) is 98.5 Å². The molecule has 147 heavy (non-hydrogen) atoms. The van der Waals surface area contributed by atoms with E-state index in [1.807, 2.05) is 148 Å². The third kappa shape index (κ3) is 31.5. The number of rotatable bonds is 40. The Morgan fingerprint density at radius 3 is 1.15 bits per heavy atom. The summed E-state index contributed by atoms with van der Waals surface area (Å²) in [5, 5.41) is 31.4. The van der Waals surface area contributed by atoms with Crippen LogP contribution in [0.3, 0.4) is 0 Å². The number of benzene rings is 8. The minimum Gasteiger partial charge on any atom is -0.497 e. The maximum Gasteiger partial charge on any atom is 0.278 e. The maximum atomic E-state index is 12.3. The fraction of sp³-hybridized carbons (Fsp3) is 0.317. The van der Waals surface area contributed by atoms with Crippen LogP contribution in [-0.4, -0.2) is 255 Å². The number of H-pyrrole nitrogens is 1. The number of aryl methyl sites for hydroxylation is 3. The van der Waals surface area contributed by atoms with E-state index in [1.165, 1.54) is 46.0 Å². The number of hydrogen-bond donors (Lipinski definition) is 5. The van der Waals surface area contributed by atoms with Crippen LogP contribution in [0.5, 0.6) is 40.2 Å². The van der Waals surface area contributed by atoms with Crippen molar-refractivity contribution in [3.63, 3.8) is 0 Å². The zero-order valence-corrected chi connectivity index (χ0v) is 89.0. The molecule has 2 aliphatic rings. The molecule has 16 aromatic rings. The first kappa shape index (κ1) is 116. The van der Waals surface area contributed by atoms with E-state index in [2.05, 4.69) is 85.9 Å². The smallest absolute Gasteiger partial charge is 0.278 e. The van der Waals surface area contributed by atoms with Crippen LogP contribution in [-0.2, 0) is 118 Å². The Bertz CT molecular complexity index is 7460. The van der Waals surface area contributed by atoms with Crippen LogP contribution in [0, 0.1) is 11.8 Å². The number of aliphatic hydroxyl groups is 1. The number of nitrogens with zero attached hydrogens (tertiary/aromatic N) is 20. The van der Waals surface area contributed by atoms with Crippen LogP contribution < -0.4 is 67.5 Å². The molecule has 8 aromatic heterocycles. The topological polar surface area (TPSA) is 442 Å². The molecule has 2 saturated carbocycles. The van der Waals surface area contributed by atoms with E-state index in [1.54, 1.807) is 144 Å². The van der Waals surface area contributed by atoms with Crippen LogP contribution >= 0.6 is 0 Å². The van der Waals surface area contributed by atoms with Gasteiger partial charge in [0.25, 0.3) is 16.1 Å². The molecular formula is C101H118Co4N24O15S3. The SMILES string of the molecule is C.CNC(=O)c1cc(OC)cc(N(CC2CC2)c2ccc3ncc(-c4cn[nH]c4)nc3c2)c1.COc1cc(OC)cc(N(CCCNS(=O)(=O)N(C)C)c2ccc3ncc(-c4cnn(C)c4)nc3c2)c1.COc1cc(OC)cc(N(CCCNS(C)(=O)=O)c2ccc3ncc(-c4cnn(C)c4)nc3c2)c1.COc1cc(OCCO)cc(N(CC2CC2)c2ccc3ncc(-c4cnn(CCS(C)(=O)=O)c4)nc3c2)c1.[Co].[Co].[Co].[Co]. The van der Waals surface area contributed by atoms with Crippen molar-refractivity contribution >= 4 is 126 Å². The maximum absolute atomic E-state index is 12.3. The van der Waals surface area contributed by atoms with Crippen LogP contribution in [0.1, 0.15) is 56.3 Å². The summed E-state index contributed by atoms with van der Waals surface area (Å²) >= 11 is 0. The van der Waals surface area contributed by atoms with Crippen LogP contribution in [0.15, 0.2) is 220 Å². The number of aliphatic hydroxyl groups excluding tert-OH is 1. The van der Waals surface area contributed by atoms with Crippen molar-refractivity contribution in [2.45, 2.75) is 52.5 Å². The summed E-state index contributed by atoms with van der Waals surface area (Å²) in [6, 6.07) is 46.4. The number of anilines is 8. The van der Waals surface area contributed by atoms with Gasteiger partial charge in [0.05, 0.1) is 184 Å². The molecule has 0 unspecified atom stereocenters. The Labute approximate surface area is 896 Å². The Morgan fingerprint density at radius 2 is 0.796 bits per heavy atom. The van der Waals surface area contributed by atoms with Crippen molar-refractivity contribution in [3.05, 3.63) is 226 Å². The van der Waals surface area contributed by atoms with Crippen LogP contribution in [0.25, 0.3) is 89.2 Å². The molecule has 46 heteroatoms. The number of sulfonamides is 1. The molecule has 0 bridgehead atoms. The van der Waals surface area contributed by atoms with Gasteiger partial charge in [-0.1, -0.05) is 7.43 Å². The van der Waals surface area contributed by atoms with Crippen molar-refractivity contribution in [2.24, 2.45) is 25.9 Å².